The highest BCUT2D eigenvalue weighted by Gasteiger charge is 2.33. The summed E-state index contributed by atoms with van der Waals surface area (Å²) in [5.74, 6) is 2.51. The van der Waals surface area contributed by atoms with Gasteiger partial charge in [-0.1, -0.05) is 0 Å². The number of carbonyl (C=O) groups excluding carboxylic acids is 2. The highest BCUT2D eigenvalue weighted by Crippen LogP contribution is 2.44. The molecule has 2 aromatic carbocycles. The Hall–Kier alpha value is -3.82. The summed E-state index contributed by atoms with van der Waals surface area (Å²) in [7, 11) is 4.77. The van der Waals surface area contributed by atoms with E-state index in [1.54, 1.807) is 31.1 Å². The number of carbonyl (C=O) groups is 2. The Labute approximate surface area is 211 Å². The van der Waals surface area contributed by atoms with Crippen molar-refractivity contribution in [1.82, 2.24) is 10.2 Å². The van der Waals surface area contributed by atoms with Crippen LogP contribution >= 0.6 is 0 Å². The second kappa shape index (κ2) is 11.3. The van der Waals surface area contributed by atoms with Crippen LogP contribution in [-0.4, -0.2) is 83.5 Å². The molecule has 10 nitrogen and oxygen atoms in total. The van der Waals surface area contributed by atoms with Gasteiger partial charge in [0.15, 0.2) is 11.5 Å². The fourth-order valence-corrected chi connectivity index (χ4v) is 4.69. The standard InChI is InChI=1S/C26H34N4O6/c1-5-36-20-8-6-19(7-9-20)30-17-18(16-23(30)31)27-26(32)29-14-12-28(13-15-29)21-10-11-22(33-2)25(35-4)24(21)34-3/h6-11,18H,5,12-17H2,1-4H3,(H,27,32). The van der Waals surface area contributed by atoms with Crippen molar-refractivity contribution in [3.63, 3.8) is 0 Å². The van der Waals surface area contributed by atoms with Crippen LogP contribution in [0.5, 0.6) is 23.0 Å². The average molecular weight is 499 g/mol. The van der Waals surface area contributed by atoms with Gasteiger partial charge in [-0.25, -0.2) is 4.79 Å². The molecule has 3 amide bonds. The van der Waals surface area contributed by atoms with Crippen LogP contribution in [-0.2, 0) is 4.79 Å². The molecule has 4 rings (SSSR count). The van der Waals surface area contributed by atoms with Gasteiger partial charge in [0.05, 0.1) is 39.7 Å². The van der Waals surface area contributed by atoms with E-state index in [4.69, 9.17) is 18.9 Å². The molecule has 10 heteroatoms. The average Bonchev–Trinajstić information content (AvgIpc) is 3.27. The summed E-state index contributed by atoms with van der Waals surface area (Å²) in [5, 5.41) is 3.04. The molecule has 2 saturated heterocycles. The van der Waals surface area contributed by atoms with Crippen molar-refractivity contribution in [3.8, 4) is 23.0 Å². The molecule has 194 valence electrons. The first-order valence-corrected chi connectivity index (χ1v) is 12.1. The number of benzene rings is 2. The van der Waals surface area contributed by atoms with Crippen LogP contribution in [0.1, 0.15) is 13.3 Å². The van der Waals surface area contributed by atoms with E-state index in [1.807, 2.05) is 43.3 Å². The molecule has 2 aliphatic heterocycles. The Morgan fingerprint density at radius 3 is 2.25 bits per heavy atom. The Kier molecular flexibility index (Phi) is 7.92. The van der Waals surface area contributed by atoms with Gasteiger partial charge in [-0.05, 0) is 43.3 Å². The number of nitrogens with one attached hydrogen (secondary N) is 1. The summed E-state index contributed by atoms with van der Waals surface area (Å²) in [6.45, 7) is 5.34. The van der Waals surface area contributed by atoms with Gasteiger partial charge in [-0.3, -0.25) is 4.79 Å². The maximum atomic E-state index is 13.0. The van der Waals surface area contributed by atoms with Gasteiger partial charge in [0.1, 0.15) is 5.75 Å². The van der Waals surface area contributed by atoms with Crippen LogP contribution in [0.3, 0.4) is 0 Å². The summed E-state index contributed by atoms with van der Waals surface area (Å²) in [5.41, 5.74) is 1.69. The monoisotopic (exact) mass is 498 g/mol. The Bertz CT molecular complexity index is 1070. The third-order valence-corrected chi connectivity index (χ3v) is 6.50. The van der Waals surface area contributed by atoms with Gasteiger partial charge in [-0.15, -0.1) is 0 Å². The number of anilines is 2. The zero-order valence-corrected chi connectivity index (χ0v) is 21.3. The highest BCUT2D eigenvalue weighted by molar-refractivity contribution is 5.96. The minimum absolute atomic E-state index is 0.00479. The van der Waals surface area contributed by atoms with Crippen LogP contribution in [0.25, 0.3) is 0 Å². The molecule has 36 heavy (non-hydrogen) atoms. The first kappa shape index (κ1) is 25.3. The summed E-state index contributed by atoms with van der Waals surface area (Å²) >= 11 is 0. The second-order valence-corrected chi connectivity index (χ2v) is 8.61. The van der Waals surface area contributed by atoms with Crippen molar-refractivity contribution in [1.29, 1.82) is 0 Å². The normalized spacial score (nSPS) is 17.7. The van der Waals surface area contributed by atoms with E-state index < -0.39 is 0 Å². The Morgan fingerprint density at radius 2 is 1.64 bits per heavy atom. The molecule has 2 aliphatic rings. The number of amides is 3. The van der Waals surface area contributed by atoms with E-state index in [-0.39, 0.29) is 24.4 Å². The number of hydrogen-bond donors (Lipinski definition) is 1. The fourth-order valence-electron chi connectivity index (χ4n) is 4.69. The van der Waals surface area contributed by atoms with Crippen molar-refractivity contribution in [2.45, 2.75) is 19.4 Å². The molecule has 2 fully saturated rings. The van der Waals surface area contributed by atoms with Crippen molar-refractivity contribution in [2.75, 3.05) is 70.5 Å². The van der Waals surface area contributed by atoms with Crippen LogP contribution in [0.15, 0.2) is 36.4 Å². The number of ether oxygens (including phenoxy) is 4. The van der Waals surface area contributed by atoms with Crippen LogP contribution in [0.2, 0.25) is 0 Å². The minimum atomic E-state index is -0.236. The zero-order chi connectivity index (χ0) is 25.7. The van der Waals surface area contributed by atoms with Gasteiger partial charge in [-0.2, -0.15) is 0 Å². The molecular formula is C26H34N4O6. The van der Waals surface area contributed by atoms with Crippen molar-refractivity contribution in [2.24, 2.45) is 0 Å². The van der Waals surface area contributed by atoms with Gasteiger partial charge in [0.25, 0.3) is 0 Å². The summed E-state index contributed by atoms with van der Waals surface area (Å²) < 4.78 is 22.0. The van der Waals surface area contributed by atoms with E-state index in [0.717, 1.165) is 17.1 Å². The third kappa shape index (κ3) is 5.22. The minimum Gasteiger partial charge on any atom is -0.494 e. The predicted octanol–water partition coefficient (Wildman–Crippen LogP) is 2.75. The smallest absolute Gasteiger partial charge is 0.317 e. The first-order valence-electron chi connectivity index (χ1n) is 12.1. The van der Waals surface area contributed by atoms with E-state index in [0.29, 0.717) is 56.6 Å². The molecule has 0 saturated carbocycles. The largest absolute Gasteiger partial charge is 0.494 e. The molecule has 1 N–H and O–H groups in total. The number of nitrogens with zero attached hydrogens (tertiary/aromatic N) is 3. The lowest BCUT2D eigenvalue weighted by atomic mass is 10.2. The lowest BCUT2D eigenvalue weighted by Crippen LogP contribution is -2.54. The second-order valence-electron chi connectivity index (χ2n) is 8.61. The number of rotatable bonds is 8. The predicted molar refractivity (Wildman–Crippen MR) is 137 cm³/mol. The van der Waals surface area contributed by atoms with Crippen molar-refractivity contribution in [3.05, 3.63) is 36.4 Å². The molecule has 2 heterocycles. The lowest BCUT2D eigenvalue weighted by Gasteiger charge is -2.37. The molecule has 0 radical (unpaired) electrons. The van der Waals surface area contributed by atoms with Crippen molar-refractivity contribution < 1.29 is 28.5 Å². The summed E-state index contributed by atoms with van der Waals surface area (Å²) in [6.07, 6.45) is 0.280. The van der Waals surface area contributed by atoms with Crippen LogP contribution in [0, 0.1) is 0 Å². The molecule has 0 spiro atoms. The molecule has 0 aliphatic carbocycles. The van der Waals surface area contributed by atoms with Crippen LogP contribution < -0.4 is 34.1 Å². The first-order chi connectivity index (χ1) is 17.5. The molecular weight excluding hydrogens is 464 g/mol. The Balaban J connectivity index is 1.33. The van der Waals surface area contributed by atoms with E-state index in [2.05, 4.69) is 10.2 Å². The van der Waals surface area contributed by atoms with Gasteiger partial charge < -0.3 is 39.0 Å². The lowest BCUT2D eigenvalue weighted by molar-refractivity contribution is -0.117. The summed E-state index contributed by atoms with van der Waals surface area (Å²) in [4.78, 5) is 31.2. The maximum absolute atomic E-state index is 13.0. The van der Waals surface area contributed by atoms with E-state index >= 15 is 0 Å². The van der Waals surface area contributed by atoms with E-state index in [1.165, 1.54) is 0 Å². The molecule has 0 bridgehead atoms. The van der Waals surface area contributed by atoms with Gasteiger partial charge in [0.2, 0.25) is 11.7 Å². The maximum Gasteiger partial charge on any atom is 0.317 e. The quantitative estimate of drug-likeness (QED) is 0.598. The fraction of sp³-hybridized carbons (Fsp3) is 0.462. The third-order valence-electron chi connectivity index (χ3n) is 6.50. The topological polar surface area (TPSA) is 92.8 Å². The number of hydrogen-bond acceptors (Lipinski definition) is 7. The van der Waals surface area contributed by atoms with Crippen LogP contribution in [0.4, 0.5) is 16.2 Å². The number of methoxy groups -OCH3 is 3. The van der Waals surface area contributed by atoms with Gasteiger partial charge in [0, 0.05) is 44.8 Å². The Morgan fingerprint density at radius 1 is 0.944 bits per heavy atom. The summed E-state index contributed by atoms with van der Waals surface area (Å²) in [6, 6.07) is 10.8. The molecule has 1 unspecified atom stereocenters. The highest BCUT2D eigenvalue weighted by atomic mass is 16.5. The molecule has 1 atom stereocenters. The molecule has 0 aromatic heterocycles. The van der Waals surface area contributed by atoms with Crippen molar-refractivity contribution >= 4 is 23.3 Å². The zero-order valence-electron chi connectivity index (χ0n) is 21.3. The van der Waals surface area contributed by atoms with Gasteiger partial charge >= 0.3 is 6.03 Å². The number of piperazine rings is 1. The van der Waals surface area contributed by atoms with E-state index in [9.17, 15) is 9.59 Å². The number of urea groups is 1. The SMILES string of the molecule is CCOc1ccc(N2CC(NC(=O)N3CCN(c4ccc(OC)c(OC)c4OC)CC3)CC2=O)cc1. The molecule has 2 aromatic rings.